The molecule has 1 aliphatic carbocycles. The minimum atomic E-state index is -3.14. The lowest BCUT2D eigenvalue weighted by atomic mass is 9.86. The van der Waals surface area contributed by atoms with Gasteiger partial charge in [0.2, 0.25) is 0 Å². The Labute approximate surface area is 171 Å². The van der Waals surface area contributed by atoms with E-state index in [1.807, 2.05) is 31.3 Å². The zero-order valence-corrected chi connectivity index (χ0v) is 17.7. The Hall–Kier alpha value is -2.48. The van der Waals surface area contributed by atoms with Crippen LogP contribution in [0, 0.1) is 12.8 Å². The highest BCUT2D eigenvalue weighted by atomic mass is 32.2. The zero-order chi connectivity index (χ0) is 20.4. The largest absolute Gasteiger partial charge is 0.356 e. The quantitative estimate of drug-likeness (QED) is 0.667. The average molecular weight is 414 g/mol. The molecule has 1 N–H and O–H groups in total. The number of pyridine rings is 1. The van der Waals surface area contributed by atoms with Gasteiger partial charge in [-0.15, -0.1) is 0 Å². The molecule has 0 amide bonds. The molecule has 0 radical (unpaired) electrons. The summed E-state index contributed by atoms with van der Waals surface area (Å²) in [7, 11) is -1.07. The Bertz CT molecular complexity index is 1070. The van der Waals surface area contributed by atoms with Gasteiger partial charge >= 0.3 is 0 Å². The monoisotopic (exact) mass is 413 g/mol. The molecule has 8 heteroatoms. The summed E-state index contributed by atoms with van der Waals surface area (Å²) in [5.74, 6) is 1.49. The molecule has 0 unspecified atom stereocenters. The standard InChI is InChI=1S/C21H27N5O2S/c1-15-3-4-17(11-23-15)13-29(27,28)12-16-5-7-18(8-6-16)26(2)21-19-9-10-22-20(19)24-14-25-21/h3-4,9-11,14,16,18H,5-8,12-13H2,1-2H3,(H,22,24,25). The topological polar surface area (TPSA) is 91.8 Å². The molecule has 3 aromatic heterocycles. The van der Waals surface area contributed by atoms with E-state index >= 15 is 0 Å². The molecule has 29 heavy (non-hydrogen) atoms. The van der Waals surface area contributed by atoms with Crippen LogP contribution in [-0.2, 0) is 15.6 Å². The van der Waals surface area contributed by atoms with E-state index < -0.39 is 9.84 Å². The summed E-state index contributed by atoms with van der Waals surface area (Å²) in [5.41, 5.74) is 2.50. The second-order valence-corrected chi connectivity index (χ2v) is 10.2. The maximum Gasteiger partial charge on any atom is 0.154 e. The van der Waals surface area contributed by atoms with Gasteiger partial charge in [-0.2, -0.15) is 0 Å². The van der Waals surface area contributed by atoms with Gasteiger partial charge in [0.15, 0.2) is 9.84 Å². The predicted octanol–water partition coefficient (Wildman–Crippen LogP) is 3.27. The van der Waals surface area contributed by atoms with Crippen LogP contribution in [0.4, 0.5) is 5.82 Å². The summed E-state index contributed by atoms with van der Waals surface area (Å²) in [5, 5.41) is 1.02. The minimum Gasteiger partial charge on any atom is -0.356 e. The highest BCUT2D eigenvalue weighted by molar-refractivity contribution is 7.90. The van der Waals surface area contributed by atoms with Crippen molar-refractivity contribution in [1.82, 2.24) is 19.9 Å². The Kier molecular flexibility index (Phi) is 5.54. The first-order chi connectivity index (χ1) is 13.9. The highest BCUT2D eigenvalue weighted by Crippen LogP contribution is 2.32. The maximum atomic E-state index is 12.6. The Balaban J connectivity index is 1.35. The van der Waals surface area contributed by atoms with Crippen molar-refractivity contribution in [3.63, 3.8) is 0 Å². The van der Waals surface area contributed by atoms with Gasteiger partial charge in [0.1, 0.15) is 17.8 Å². The van der Waals surface area contributed by atoms with Crippen LogP contribution in [0.3, 0.4) is 0 Å². The van der Waals surface area contributed by atoms with Crippen LogP contribution >= 0.6 is 0 Å². The van der Waals surface area contributed by atoms with Crippen molar-refractivity contribution in [2.45, 2.75) is 44.4 Å². The SMILES string of the molecule is Cc1ccc(CS(=O)(=O)CC2CCC(N(C)c3ncnc4[nH]ccc34)CC2)cn1. The maximum absolute atomic E-state index is 12.6. The lowest BCUT2D eigenvalue weighted by Gasteiger charge is -2.35. The van der Waals surface area contributed by atoms with Gasteiger partial charge in [0, 0.05) is 31.2 Å². The highest BCUT2D eigenvalue weighted by Gasteiger charge is 2.28. The summed E-state index contributed by atoms with van der Waals surface area (Å²) < 4.78 is 25.3. The van der Waals surface area contributed by atoms with Crippen molar-refractivity contribution in [2.75, 3.05) is 17.7 Å². The second kappa shape index (κ2) is 8.10. The minimum absolute atomic E-state index is 0.0759. The number of rotatable bonds is 6. The number of aromatic nitrogens is 4. The third-order valence-electron chi connectivity index (χ3n) is 5.88. The number of hydrogen-bond acceptors (Lipinski definition) is 6. The van der Waals surface area contributed by atoms with Crippen molar-refractivity contribution in [1.29, 1.82) is 0 Å². The molecule has 0 atom stereocenters. The van der Waals surface area contributed by atoms with E-state index in [1.165, 1.54) is 0 Å². The molecule has 7 nitrogen and oxygen atoms in total. The fourth-order valence-corrected chi connectivity index (χ4v) is 6.12. The smallest absolute Gasteiger partial charge is 0.154 e. The first-order valence-electron chi connectivity index (χ1n) is 10.0. The number of sulfone groups is 1. The normalized spacial score (nSPS) is 20.1. The molecule has 1 saturated carbocycles. The Morgan fingerprint density at radius 3 is 2.62 bits per heavy atom. The van der Waals surface area contributed by atoms with Gasteiger partial charge in [0.05, 0.1) is 16.9 Å². The van der Waals surface area contributed by atoms with Gasteiger partial charge in [0.25, 0.3) is 0 Å². The number of aromatic amines is 1. The van der Waals surface area contributed by atoms with E-state index in [2.05, 4.69) is 31.9 Å². The van der Waals surface area contributed by atoms with E-state index in [1.54, 1.807) is 12.5 Å². The van der Waals surface area contributed by atoms with Crippen LogP contribution in [0.25, 0.3) is 11.0 Å². The molecule has 3 aromatic rings. The molecular formula is C21H27N5O2S. The number of H-pyrrole nitrogens is 1. The molecule has 3 heterocycles. The third-order valence-corrected chi connectivity index (χ3v) is 7.63. The molecule has 0 saturated heterocycles. The van der Waals surface area contributed by atoms with E-state index in [9.17, 15) is 8.42 Å². The molecule has 0 bridgehead atoms. The molecule has 0 spiro atoms. The van der Waals surface area contributed by atoms with E-state index in [0.29, 0.717) is 6.04 Å². The molecule has 1 aliphatic rings. The number of aryl methyl sites for hydroxylation is 1. The zero-order valence-electron chi connectivity index (χ0n) is 16.9. The van der Waals surface area contributed by atoms with Crippen molar-refractivity contribution in [3.8, 4) is 0 Å². The molecule has 1 fully saturated rings. The fourth-order valence-electron chi connectivity index (χ4n) is 4.27. The van der Waals surface area contributed by atoms with Crippen molar-refractivity contribution in [2.24, 2.45) is 5.92 Å². The summed E-state index contributed by atoms with van der Waals surface area (Å²) in [4.78, 5) is 18.3. The first kappa shape index (κ1) is 19.8. The van der Waals surface area contributed by atoms with Crippen molar-refractivity contribution >= 4 is 26.7 Å². The van der Waals surface area contributed by atoms with E-state index in [-0.39, 0.29) is 17.4 Å². The number of nitrogens with one attached hydrogen (secondary N) is 1. The number of anilines is 1. The molecule has 0 aromatic carbocycles. The molecule has 0 aliphatic heterocycles. The van der Waals surface area contributed by atoms with Crippen LogP contribution < -0.4 is 4.90 Å². The van der Waals surface area contributed by atoms with Gasteiger partial charge in [-0.3, -0.25) is 4.98 Å². The van der Waals surface area contributed by atoms with Crippen LogP contribution in [0.1, 0.15) is 36.9 Å². The van der Waals surface area contributed by atoms with Gasteiger partial charge in [-0.25, -0.2) is 18.4 Å². The first-order valence-corrected chi connectivity index (χ1v) is 11.9. The molecule has 4 rings (SSSR count). The van der Waals surface area contributed by atoms with Gasteiger partial charge in [-0.05, 0) is 56.2 Å². The predicted molar refractivity (Wildman–Crippen MR) is 115 cm³/mol. The third kappa shape index (κ3) is 4.58. The van der Waals surface area contributed by atoms with E-state index in [4.69, 9.17) is 0 Å². The Morgan fingerprint density at radius 2 is 1.90 bits per heavy atom. The second-order valence-electron chi connectivity index (χ2n) is 8.09. The lowest BCUT2D eigenvalue weighted by molar-refractivity contribution is 0.340. The number of hydrogen-bond donors (Lipinski definition) is 1. The number of fused-ring (bicyclic) bond motifs is 1. The summed E-state index contributed by atoms with van der Waals surface area (Å²) in [6.07, 6.45) is 8.91. The van der Waals surface area contributed by atoms with Crippen LogP contribution in [0.2, 0.25) is 0 Å². The van der Waals surface area contributed by atoms with Crippen molar-refractivity contribution < 1.29 is 8.42 Å². The summed E-state index contributed by atoms with van der Waals surface area (Å²) in [6.45, 7) is 1.90. The average Bonchev–Trinajstić information content (AvgIpc) is 3.18. The van der Waals surface area contributed by atoms with Gasteiger partial charge in [-0.1, -0.05) is 6.07 Å². The molecule has 154 valence electrons. The number of nitrogens with zero attached hydrogens (tertiary/aromatic N) is 4. The van der Waals surface area contributed by atoms with Crippen LogP contribution in [0.5, 0.6) is 0 Å². The van der Waals surface area contributed by atoms with Crippen molar-refractivity contribution in [3.05, 3.63) is 48.2 Å². The summed E-state index contributed by atoms with van der Waals surface area (Å²) in [6, 6.07) is 6.08. The molecular weight excluding hydrogens is 386 g/mol. The lowest BCUT2D eigenvalue weighted by Crippen LogP contribution is -2.37. The fraction of sp³-hybridized carbons (Fsp3) is 0.476. The Morgan fingerprint density at radius 1 is 1.10 bits per heavy atom. The summed E-state index contributed by atoms with van der Waals surface area (Å²) >= 11 is 0. The van der Waals surface area contributed by atoms with Gasteiger partial charge < -0.3 is 9.88 Å². The van der Waals surface area contributed by atoms with E-state index in [0.717, 1.165) is 53.8 Å². The van der Waals surface area contributed by atoms with Crippen LogP contribution in [-0.4, -0.2) is 47.2 Å². The van der Waals surface area contributed by atoms with Crippen LogP contribution in [0.15, 0.2) is 36.9 Å².